The summed E-state index contributed by atoms with van der Waals surface area (Å²) in [7, 11) is 0. The Morgan fingerprint density at radius 1 is 1.08 bits per heavy atom. The lowest BCUT2D eigenvalue weighted by atomic mass is 10.2. The molecule has 0 aliphatic carbocycles. The number of nitrogens with one attached hydrogen (secondary N) is 3. The molecule has 24 heavy (non-hydrogen) atoms. The van der Waals surface area contributed by atoms with Crippen molar-refractivity contribution in [2.45, 2.75) is 0 Å². The fraction of sp³-hybridized carbons (Fsp3) is 0.0588. The number of carbonyl (C=O) groups is 2. The molecular weight excluding hydrogens is 377 g/mol. The van der Waals surface area contributed by atoms with Crippen LogP contribution in [0.2, 0.25) is 0 Å². The van der Waals surface area contributed by atoms with Crippen molar-refractivity contribution in [1.29, 1.82) is 0 Å². The van der Waals surface area contributed by atoms with Crippen molar-refractivity contribution in [3.63, 3.8) is 0 Å². The Kier molecular flexibility index (Phi) is 6.08. The van der Waals surface area contributed by atoms with Crippen LogP contribution in [0.15, 0.2) is 59.6 Å². The number of halogens is 2. The molecule has 7 heteroatoms. The molecule has 0 radical (unpaired) electrons. The first kappa shape index (κ1) is 17.7. The standard InChI is InChI=1S/C17H15BrFN3O2/c1-2-9-20-17(24)22-13-6-4-12(5-7-13)21-16(23)14-8-3-11(19)10-15(14)18/h2-8,10H,1,9H2,(H,21,23)(H2,20,22,24). The van der Waals surface area contributed by atoms with Crippen LogP contribution in [0.25, 0.3) is 0 Å². The highest BCUT2D eigenvalue weighted by atomic mass is 79.9. The van der Waals surface area contributed by atoms with Crippen molar-refractivity contribution in [2.75, 3.05) is 17.2 Å². The van der Waals surface area contributed by atoms with Crippen molar-refractivity contribution in [3.05, 3.63) is 71.0 Å². The Labute approximate surface area is 147 Å². The van der Waals surface area contributed by atoms with Crippen LogP contribution in [-0.4, -0.2) is 18.5 Å². The third kappa shape index (κ3) is 4.92. The maximum Gasteiger partial charge on any atom is 0.319 e. The summed E-state index contributed by atoms with van der Waals surface area (Å²) in [6.45, 7) is 3.88. The first-order valence-electron chi connectivity index (χ1n) is 7.02. The first-order chi connectivity index (χ1) is 11.5. The zero-order valence-corrected chi connectivity index (χ0v) is 14.2. The van der Waals surface area contributed by atoms with Gasteiger partial charge in [-0.1, -0.05) is 6.08 Å². The number of urea groups is 1. The van der Waals surface area contributed by atoms with Crippen molar-refractivity contribution in [2.24, 2.45) is 0 Å². The van der Waals surface area contributed by atoms with Crippen molar-refractivity contribution >= 4 is 39.2 Å². The molecule has 0 aliphatic rings. The third-order valence-electron chi connectivity index (χ3n) is 2.98. The van der Waals surface area contributed by atoms with Crippen molar-refractivity contribution in [3.8, 4) is 0 Å². The Morgan fingerprint density at radius 2 is 1.71 bits per heavy atom. The van der Waals surface area contributed by atoms with E-state index in [9.17, 15) is 14.0 Å². The monoisotopic (exact) mass is 391 g/mol. The predicted octanol–water partition coefficient (Wildman–Crippen LogP) is 4.15. The van der Waals surface area contributed by atoms with Gasteiger partial charge in [0.1, 0.15) is 5.82 Å². The summed E-state index contributed by atoms with van der Waals surface area (Å²) in [6, 6.07) is 10.1. The van der Waals surface area contributed by atoms with Gasteiger partial charge in [-0.25, -0.2) is 9.18 Å². The van der Waals surface area contributed by atoms with Crippen LogP contribution in [0.3, 0.4) is 0 Å². The minimum Gasteiger partial charge on any atom is -0.334 e. The van der Waals surface area contributed by atoms with Gasteiger partial charge in [0.25, 0.3) is 5.91 Å². The fourth-order valence-corrected chi connectivity index (χ4v) is 2.38. The highest BCUT2D eigenvalue weighted by molar-refractivity contribution is 9.10. The van der Waals surface area contributed by atoms with Crippen molar-refractivity contribution in [1.82, 2.24) is 5.32 Å². The molecule has 2 aromatic rings. The molecule has 124 valence electrons. The Bertz CT molecular complexity index is 763. The smallest absolute Gasteiger partial charge is 0.319 e. The largest absolute Gasteiger partial charge is 0.334 e. The van der Waals surface area contributed by atoms with Gasteiger partial charge in [0.2, 0.25) is 0 Å². The molecule has 0 bridgehead atoms. The van der Waals surface area contributed by atoms with E-state index >= 15 is 0 Å². The second-order valence-corrected chi connectivity index (χ2v) is 5.63. The van der Waals surface area contributed by atoms with Crippen LogP contribution in [-0.2, 0) is 0 Å². The van der Waals surface area contributed by atoms with E-state index in [-0.39, 0.29) is 11.9 Å². The summed E-state index contributed by atoms with van der Waals surface area (Å²) < 4.78 is 13.4. The predicted molar refractivity (Wildman–Crippen MR) is 95.7 cm³/mol. The van der Waals surface area contributed by atoms with Gasteiger partial charge in [0, 0.05) is 22.4 Å². The van der Waals surface area contributed by atoms with Crippen LogP contribution in [0.5, 0.6) is 0 Å². The highest BCUT2D eigenvalue weighted by Gasteiger charge is 2.11. The number of amides is 3. The fourth-order valence-electron chi connectivity index (χ4n) is 1.85. The maximum atomic E-state index is 13.1. The van der Waals surface area contributed by atoms with E-state index in [1.54, 1.807) is 30.3 Å². The number of hydrogen-bond acceptors (Lipinski definition) is 2. The molecule has 0 unspecified atom stereocenters. The molecule has 0 atom stereocenters. The average molecular weight is 392 g/mol. The van der Waals surface area contributed by atoms with Gasteiger partial charge in [0.05, 0.1) is 5.56 Å². The Hall–Kier alpha value is -2.67. The Balaban J connectivity index is 1.99. The van der Waals surface area contributed by atoms with Gasteiger partial charge in [-0.05, 0) is 58.4 Å². The second-order valence-electron chi connectivity index (χ2n) is 4.78. The number of rotatable bonds is 5. The molecule has 2 rings (SSSR count). The lowest BCUT2D eigenvalue weighted by Crippen LogP contribution is -2.28. The molecule has 3 amide bonds. The zero-order valence-electron chi connectivity index (χ0n) is 12.6. The molecule has 0 spiro atoms. The lowest BCUT2D eigenvalue weighted by molar-refractivity contribution is 0.102. The molecule has 0 fully saturated rings. The number of hydrogen-bond donors (Lipinski definition) is 3. The molecular formula is C17H15BrFN3O2. The molecule has 0 aromatic heterocycles. The first-order valence-corrected chi connectivity index (χ1v) is 7.81. The van der Waals surface area contributed by atoms with E-state index in [0.717, 1.165) is 0 Å². The third-order valence-corrected chi connectivity index (χ3v) is 3.64. The van der Waals surface area contributed by atoms with E-state index in [1.165, 1.54) is 18.2 Å². The van der Waals surface area contributed by atoms with Crippen LogP contribution in [0.4, 0.5) is 20.6 Å². The average Bonchev–Trinajstić information content (AvgIpc) is 2.54. The summed E-state index contributed by atoms with van der Waals surface area (Å²) >= 11 is 3.16. The van der Waals surface area contributed by atoms with E-state index in [2.05, 4.69) is 38.5 Å². The second kappa shape index (κ2) is 8.26. The molecule has 0 saturated heterocycles. The van der Waals surface area contributed by atoms with Gasteiger partial charge in [-0.3, -0.25) is 4.79 Å². The van der Waals surface area contributed by atoms with E-state index in [1.807, 2.05) is 0 Å². The van der Waals surface area contributed by atoms with E-state index in [4.69, 9.17) is 0 Å². The molecule has 0 heterocycles. The molecule has 0 saturated carbocycles. The summed E-state index contributed by atoms with van der Waals surface area (Å²) in [6.07, 6.45) is 1.58. The number of carbonyl (C=O) groups excluding carboxylic acids is 2. The maximum absolute atomic E-state index is 13.1. The SMILES string of the molecule is C=CCNC(=O)Nc1ccc(NC(=O)c2ccc(F)cc2Br)cc1. The van der Waals surface area contributed by atoms with E-state index < -0.39 is 5.82 Å². The molecule has 3 N–H and O–H groups in total. The van der Waals surface area contributed by atoms with Gasteiger partial charge in [0.15, 0.2) is 0 Å². The zero-order chi connectivity index (χ0) is 17.5. The topological polar surface area (TPSA) is 70.2 Å². The number of anilines is 2. The summed E-state index contributed by atoms with van der Waals surface area (Å²) in [4.78, 5) is 23.7. The summed E-state index contributed by atoms with van der Waals surface area (Å²) in [5.74, 6) is -0.796. The van der Waals surface area contributed by atoms with Crippen LogP contribution < -0.4 is 16.0 Å². The quantitative estimate of drug-likeness (QED) is 0.670. The minimum absolute atomic E-state index is 0.322. The van der Waals surface area contributed by atoms with Crippen LogP contribution in [0, 0.1) is 5.82 Å². The molecule has 2 aromatic carbocycles. The van der Waals surface area contributed by atoms with Crippen LogP contribution in [0.1, 0.15) is 10.4 Å². The van der Waals surface area contributed by atoms with Crippen molar-refractivity contribution < 1.29 is 14.0 Å². The minimum atomic E-state index is -0.427. The van der Waals surface area contributed by atoms with Crippen LogP contribution >= 0.6 is 15.9 Å². The lowest BCUT2D eigenvalue weighted by Gasteiger charge is -2.09. The molecule has 0 aliphatic heterocycles. The Morgan fingerprint density at radius 3 is 2.29 bits per heavy atom. The van der Waals surface area contributed by atoms with Gasteiger partial charge < -0.3 is 16.0 Å². The highest BCUT2D eigenvalue weighted by Crippen LogP contribution is 2.20. The van der Waals surface area contributed by atoms with Gasteiger partial charge >= 0.3 is 6.03 Å². The van der Waals surface area contributed by atoms with E-state index in [0.29, 0.717) is 28.0 Å². The summed E-state index contributed by atoms with van der Waals surface area (Å²) in [5.41, 5.74) is 1.45. The summed E-state index contributed by atoms with van der Waals surface area (Å²) in [5, 5.41) is 7.93. The number of benzene rings is 2. The van der Waals surface area contributed by atoms with Gasteiger partial charge in [-0.15, -0.1) is 6.58 Å². The normalized spacial score (nSPS) is 9.92. The molecule has 5 nitrogen and oxygen atoms in total. The van der Waals surface area contributed by atoms with Gasteiger partial charge in [-0.2, -0.15) is 0 Å².